The molecule has 0 bridgehead atoms. The standard InChI is InChI=1S/C23H30N4O3/c1-16-8-7-11-21(17(16)2)24-23(29)18(3)30-22(28)13-12-20-15-27(26-25-20)14-19-9-5-4-6-10-19/h4-6,9-10,12-13,15-18,21H,7-8,11,14H2,1-3H3,(H,24,29)/b13-12+/t16-,17+,18+,21-/m0/s1. The van der Waals surface area contributed by atoms with E-state index in [1.165, 1.54) is 18.6 Å². The minimum atomic E-state index is -0.847. The van der Waals surface area contributed by atoms with Crippen molar-refractivity contribution in [2.45, 2.75) is 58.7 Å². The average Bonchev–Trinajstić information content (AvgIpc) is 3.18. The first-order valence-corrected chi connectivity index (χ1v) is 10.6. The van der Waals surface area contributed by atoms with Crippen LogP contribution < -0.4 is 5.32 Å². The van der Waals surface area contributed by atoms with Gasteiger partial charge in [0, 0.05) is 12.1 Å². The van der Waals surface area contributed by atoms with Gasteiger partial charge in [0.2, 0.25) is 0 Å². The smallest absolute Gasteiger partial charge is 0.331 e. The van der Waals surface area contributed by atoms with Crippen molar-refractivity contribution in [3.8, 4) is 0 Å². The summed E-state index contributed by atoms with van der Waals surface area (Å²) < 4.78 is 6.94. The highest BCUT2D eigenvalue weighted by molar-refractivity contribution is 5.90. The van der Waals surface area contributed by atoms with E-state index in [2.05, 4.69) is 29.5 Å². The molecule has 1 aliphatic carbocycles. The van der Waals surface area contributed by atoms with Crippen molar-refractivity contribution in [3.63, 3.8) is 0 Å². The fraction of sp³-hybridized carbons (Fsp3) is 0.478. The maximum atomic E-state index is 12.4. The molecule has 3 rings (SSSR count). The molecule has 1 heterocycles. The Labute approximate surface area is 177 Å². The monoisotopic (exact) mass is 410 g/mol. The third kappa shape index (κ3) is 6.02. The molecular formula is C23H30N4O3. The van der Waals surface area contributed by atoms with Crippen molar-refractivity contribution in [1.82, 2.24) is 20.3 Å². The second kappa shape index (κ2) is 10.2. The van der Waals surface area contributed by atoms with Crippen LogP contribution in [0, 0.1) is 11.8 Å². The zero-order valence-electron chi connectivity index (χ0n) is 17.8. The van der Waals surface area contributed by atoms with Crippen LogP contribution >= 0.6 is 0 Å². The number of ether oxygens (including phenoxy) is 1. The van der Waals surface area contributed by atoms with E-state index in [9.17, 15) is 9.59 Å². The molecule has 1 saturated carbocycles. The maximum Gasteiger partial charge on any atom is 0.331 e. The lowest BCUT2D eigenvalue weighted by atomic mass is 9.78. The Morgan fingerprint density at radius 1 is 1.27 bits per heavy atom. The predicted molar refractivity (Wildman–Crippen MR) is 114 cm³/mol. The van der Waals surface area contributed by atoms with Crippen molar-refractivity contribution < 1.29 is 14.3 Å². The molecule has 1 fully saturated rings. The largest absolute Gasteiger partial charge is 0.449 e. The molecule has 160 valence electrons. The van der Waals surface area contributed by atoms with Crippen molar-refractivity contribution in [3.05, 3.63) is 53.9 Å². The molecule has 0 radical (unpaired) electrons. The third-order valence-electron chi connectivity index (χ3n) is 5.83. The first-order chi connectivity index (χ1) is 14.4. The average molecular weight is 411 g/mol. The Kier molecular flexibility index (Phi) is 7.38. The first kappa shape index (κ1) is 21.7. The highest BCUT2D eigenvalue weighted by Crippen LogP contribution is 2.29. The molecular weight excluding hydrogens is 380 g/mol. The van der Waals surface area contributed by atoms with Gasteiger partial charge < -0.3 is 10.1 Å². The van der Waals surface area contributed by atoms with Crippen LogP contribution in [0.15, 0.2) is 42.6 Å². The number of esters is 1. The summed E-state index contributed by atoms with van der Waals surface area (Å²) in [6, 6.07) is 10.1. The van der Waals surface area contributed by atoms with E-state index in [1.807, 2.05) is 30.3 Å². The zero-order chi connectivity index (χ0) is 21.5. The second-order valence-corrected chi connectivity index (χ2v) is 8.12. The number of benzene rings is 1. The van der Waals surface area contributed by atoms with Gasteiger partial charge in [-0.25, -0.2) is 9.48 Å². The van der Waals surface area contributed by atoms with Gasteiger partial charge >= 0.3 is 5.97 Å². The number of carbonyl (C=O) groups is 2. The Hall–Kier alpha value is -2.96. The van der Waals surface area contributed by atoms with Crippen molar-refractivity contribution in [1.29, 1.82) is 0 Å². The predicted octanol–water partition coefficient (Wildman–Crippen LogP) is 3.21. The number of hydrogen-bond donors (Lipinski definition) is 1. The van der Waals surface area contributed by atoms with Gasteiger partial charge in [-0.05, 0) is 36.8 Å². The van der Waals surface area contributed by atoms with E-state index >= 15 is 0 Å². The number of amides is 1. The number of rotatable bonds is 7. The highest BCUT2D eigenvalue weighted by Gasteiger charge is 2.29. The highest BCUT2D eigenvalue weighted by atomic mass is 16.5. The van der Waals surface area contributed by atoms with Gasteiger partial charge in [0.15, 0.2) is 6.10 Å². The molecule has 1 aromatic carbocycles. The summed E-state index contributed by atoms with van der Waals surface area (Å²) in [6.07, 6.45) is 6.98. The molecule has 0 unspecified atom stereocenters. The molecule has 30 heavy (non-hydrogen) atoms. The fourth-order valence-electron chi connectivity index (χ4n) is 3.74. The Balaban J connectivity index is 1.47. The maximum absolute atomic E-state index is 12.4. The van der Waals surface area contributed by atoms with Crippen LogP contribution in [-0.4, -0.2) is 39.0 Å². The van der Waals surface area contributed by atoms with Crippen LogP contribution in [0.5, 0.6) is 0 Å². The molecule has 4 atom stereocenters. The lowest BCUT2D eigenvalue weighted by molar-refractivity contribution is -0.150. The first-order valence-electron chi connectivity index (χ1n) is 10.6. The number of aromatic nitrogens is 3. The van der Waals surface area contributed by atoms with Gasteiger partial charge in [0.1, 0.15) is 5.69 Å². The summed E-state index contributed by atoms with van der Waals surface area (Å²) in [5, 5.41) is 11.1. The Bertz CT molecular complexity index is 878. The number of nitrogens with zero attached hydrogens (tertiary/aromatic N) is 3. The van der Waals surface area contributed by atoms with Gasteiger partial charge in [0.25, 0.3) is 5.91 Å². The van der Waals surface area contributed by atoms with Crippen LogP contribution in [0.25, 0.3) is 6.08 Å². The SMILES string of the molecule is C[C@H]1[C@@H](NC(=O)[C@@H](C)OC(=O)/C=C/c2cn(Cc3ccccc3)nn2)CCC[C@@H]1C. The number of hydrogen-bond acceptors (Lipinski definition) is 5. The molecule has 2 aromatic rings. The van der Waals surface area contributed by atoms with Crippen LogP contribution in [0.1, 0.15) is 51.3 Å². The number of nitrogens with one attached hydrogen (secondary N) is 1. The Morgan fingerprint density at radius 2 is 2.03 bits per heavy atom. The van der Waals surface area contributed by atoms with E-state index in [-0.39, 0.29) is 11.9 Å². The Morgan fingerprint density at radius 3 is 2.80 bits per heavy atom. The summed E-state index contributed by atoms with van der Waals surface area (Å²) in [5.74, 6) is 0.168. The minimum absolute atomic E-state index is 0.137. The molecule has 7 nitrogen and oxygen atoms in total. The van der Waals surface area contributed by atoms with Crippen molar-refractivity contribution in [2.24, 2.45) is 11.8 Å². The second-order valence-electron chi connectivity index (χ2n) is 8.12. The summed E-state index contributed by atoms with van der Waals surface area (Å²) in [7, 11) is 0. The summed E-state index contributed by atoms with van der Waals surface area (Å²) in [4.78, 5) is 24.5. The summed E-state index contributed by atoms with van der Waals surface area (Å²) >= 11 is 0. The molecule has 0 aliphatic heterocycles. The van der Waals surface area contributed by atoms with E-state index in [0.717, 1.165) is 18.4 Å². The van der Waals surface area contributed by atoms with Crippen LogP contribution in [0.3, 0.4) is 0 Å². The normalized spacial score (nSPS) is 22.6. The third-order valence-corrected chi connectivity index (χ3v) is 5.83. The fourth-order valence-corrected chi connectivity index (χ4v) is 3.74. The molecule has 1 N–H and O–H groups in total. The molecule has 1 aliphatic rings. The van der Waals surface area contributed by atoms with Crippen LogP contribution in [0.4, 0.5) is 0 Å². The topological polar surface area (TPSA) is 86.1 Å². The van der Waals surface area contributed by atoms with Gasteiger partial charge in [-0.2, -0.15) is 0 Å². The molecule has 0 saturated heterocycles. The summed E-state index contributed by atoms with van der Waals surface area (Å²) in [5.41, 5.74) is 1.66. The van der Waals surface area contributed by atoms with E-state index in [4.69, 9.17) is 4.74 Å². The molecule has 1 amide bonds. The van der Waals surface area contributed by atoms with Crippen molar-refractivity contribution in [2.75, 3.05) is 0 Å². The molecule has 1 aromatic heterocycles. The zero-order valence-corrected chi connectivity index (χ0v) is 17.8. The van der Waals surface area contributed by atoms with Crippen LogP contribution in [-0.2, 0) is 20.9 Å². The van der Waals surface area contributed by atoms with Gasteiger partial charge in [-0.3, -0.25) is 4.79 Å². The molecule has 0 spiro atoms. The van der Waals surface area contributed by atoms with E-state index in [0.29, 0.717) is 24.1 Å². The van der Waals surface area contributed by atoms with E-state index in [1.54, 1.807) is 17.8 Å². The minimum Gasteiger partial charge on any atom is -0.449 e. The lowest BCUT2D eigenvalue weighted by Gasteiger charge is -2.35. The van der Waals surface area contributed by atoms with Gasteiger partial charge in [-0.1, -0.05) is 62.2 Å². The van der Waals surface area contributed by atoms with Crippen molar-refractivity contribution >= 4 is 18.0 Å². The quantitative estimate of drug-likeness (QED) is 0.560. The molecule has 7 heteroatoms. The van der Waals surface area contributed by atoms with Gasteiger partial charge in [0.05, 0.1) is 12.7 Å². The van der Waals surface area contributed by atoms with Crippen LogP contribution in [0.2, 0.25) is 0 Å². The van der Waals surface area contributed by atoms with E-state index < -0.39 is 12.1 Å². The van der Waals surface area contributed by atoms with Gasteiger partial charge in [-0.15, -0.1) is 5.10 Å². The number of carbonyl (C=O) groups excluding carboxylic acids is 2. The summed E-state index contributed by atoms with van der Waals surface area (Å²) in [6.45, 7) is 6.57. The lowest BCUT2D eigenvalue weighted by Crippen LogP contribution is -2.47.